The molecule has 0 saturated carbocycles. The van der Waals surface area contributed by atoms with Gasteiger partial charge in [-0.15, -0.1) is 0 Å². The van der Waals surface area contributed by atoms with Crippen LogP contribution in [0.3, 0.4) is 0 Å². The van der Waals surface area contributed by atoms with Crippen LogP contribution in [-0.2, 0) is 13.1 Å². The Hall–Kier alpha value is -1.78. The van der Waals surface area contributed by atoms with Crippen LogP contribution in [0.1, 0.15) is 31.9 Å². The number of imidazole rings is 2. The van der Waals surface area contributed by atoms with E-state index in [9.17, 15) is 0 Å². The highest BCUT2D eigenvalue weighted by atomic mass is 15.2. The first-order chi connectivity index (χ1) is 9.29. The van der Waals surface area contributed by atoms with E-state index in [-0.39, 0.29) is 0 Å². The van der Waals surface area contributed by atoms with Crippen molar-refractivity contribution in [3.05, 3.63) is 30.6 Å². The molecule has 0 aliphatic carbocycles. The van der Waals surface area contributed by atoms with E-state index in [0.717, 1.165) is 50.5 Å². The molecule has 5 nitrogen and oxygen atoms in total. The van der Waals surface area contributed by atoms with Gasteiger partial charge in [0.05, 0.1) is 12.0 Å². The Morgan fingerprint density at radius 3 is 2.84 bits per heavy atom. The van der Waals surface area contributed by atoms with Crippen molar-refractivity contribution in [2.75, 3.05) is 11.9 Å². The number of aromatic nitrogens is 4. The molecule has 19 heavy (non-hydrogen) atoms. The van der Waals surface area contributed by atoms with Gasteiger partial charge in [0.25, 0.3) is 0 Å². The fraction of sp³-hybridized carbons (Fsp3) is 0.571. The van der Waals surface area contributed by atoms with Gasteiger partial charge in [-0.25, -0.2) is 9.97 Å². The molecule has 0 aromatic carbocycles. The summed E-state index contributed by atoms with van der Waals surface area (Å²) in [5.74, 6) is 1.00. The second kappa shape index (κ2) is 6.97. The van der Waals surface area contributed by atoms with Crippen LogP contribution in [0.25, 0.3) is 0 Å². The molecule has 5 heteroatoms. The maximum atomic E-state index is 4.51. The van der Waals surface area contributed by atoms with E-state index in [4.69, 9.17) is 0 Å². The summed E-state index contributed by atoms with van der Waals surface area (Å²) in [7, 11) is 0. The van der Waals surface area contributed by atoms with Crippen LogP contribution in [0.4, 0.5) is 5.95 Å². The van der Waals surface area contributed by atoms with E-state index in [1.54, 1.807) is 0 Å². The van der Waals surface area contributed by atoms with Crippen LogP contribution < -0.4 is 5.32 Å². The number of unbranched alkanes of at least 4 members (excludes halogenated alkanes) is 1. The minimum Gasteiger partial charge on any atom is -0.356 e. The lowest BCUT2D eigenvalue weighted by Crippen LogP contribution is -2.08. The molecule has 0 bridgehead atoms. The first-order valence-electron chi connectivity index (χ1n) is 7.03. The highest BCUT2D eigenvalue weighted by Gasteiger charge is 2.04. The SMILES string of the molecule is CCCNc1nc(C)cn1CCCCn1ccnc1. The summed E-state index contributed by atoms with van der Waals surface area (Å²) in [6, 6.07) is 0. The van der Waals surface area contributed by atoms with Gasteiger partial charge in [-0.2, -0.15) is 0 Å². The summed E-state index contributed by atoms with van der Waals surface area (Å²) in [6.07, 6.45) is 11.2. The number of nitrogens with one attached hydrogen (secondary N) is 1. The molecule has 0 saturated heterocycles. The fourth-order valence-corrected chi connectivity index (χ4v) is 2.09. The maximum Gasteiger partial charge on any atom is 0.203 e. The van der Waals surface area contributed by atoms with Crippen molar-refractivity contribution in [3.8, 4) is 0 Å². The molecule has 0 radical (unpaired) electrons. The Morgan fingerprint density at radius 2 is 2.11 bits per heavy atom. The Bertz CT molecular complexity index is 472. The molecular formula is C14H23N5. The quantitative estimate of drug-likeness (QED) is 0.743. The van der Waals surface area contributed by atoms with Crippen LogP contribution in [0.15, 0.2) is 24.9 Å². The Kier molecular flexibility index (Phi) is 5.01. The zero-order valence-corrected chi connectivity index (χ0v) is 11.8. The summed E-state index contributed by atoms with van der Waals surface area (Å²) < 4.78 is 4.34. The lowest BCUT2D eigenvalue weighted by atomic mass is 10.3. The summed E-state index contributed by atoms with van der Waals surface area (Å²) in [4.78, 5) is 8.56. The monoisotopic (exact) mass is 261 g/mol. The van der Waals surface area contributed by atoms with Crippen LogP contribution in [0, 0.1) is 6.92 Å². The zero-order valence-electron chi connectivity index (χ0n) is 11.8. The molecule has 0 spiro atoms. The summed E-state index contributed by atoms with van der Waals surface area (Å²) >= 11 is 0. The number of rotatable bonds is 8. The Morgan fingerprint density at radius 1 is 1.26 bits per heavy atom. The molecule has 2 aromatic rings. The summed E-state index contributed by atoms with van der Waals surface area (Å²) in [5.41, 5.74) is 1.08. The molecule has 0 amide bonds. The third-order valence-corrected chi connectivity index (χ3v) is 3.05. The van der Waals surface area contributed by atoms with Gasteiger partial charge in [0.1, 0.15) is 0 Å². The van der Waals surface area contributed by atoms with E-state index in [1.807, 2.05) is 25.6 Å². The van der Waals surface area contributed by atoms with Crippen molar-refractivity contribution in [1.29, 1.82) is 0 Å². The van der Waals surface area contributed by atoms with Crippen molar-refractivity contribution < 1.29 is 0 Å². The molecule has 2 rings (SSSR count). The van der Waals surface area contributed by atoms with Crippen molar-refractivity contribution in [2.45, 2.75) is 46.2 Å². The van der Waals surface area contributed by atoms with E-state index < -0.39 is 0 Å². The van der Waals surface area contributed by atoms with Crippen LogP contribution in [0.5, 0.6) is 0 Å². The Balaban J connectivity index is 1.78. The average molecular weight is 261 g/mol. The lowest BCUT2D eigenvalue weighted by molar-refractivity contribution is 0.554. The summed E-state index contributed by atoms with van der Waals surface area (Å²) in [5, 5.41) is 3.37. The van der Waals surface area contributed by atoms with Gasteiger partial charge in [0.2, 0.25) is 5.95 Å². The third kappa shape index (κ3) is 4.12. The molecule has 0 aliphatic rings. The topological polar surface area (TPSA) is 47.7 Å². The molecule has 104 valence electrons. The first-order valence-corrected chi connectivity index (χ1v) is 7.03. The molecule has 0 unspecified atom stereocenters. The van der Waals surface area contributed by atoms with Crippen LogP contribution >= 0.6 is 0 Å². The van der Waals surface area contributed by atoms with Gasteiger partial charge in [-0.3, -0.25) is 0 Å². The normalized spacial score (nSPS) is 10.8. The highest BCUT2D eigenvalue weighted by molar-refractivity contribution is 5.28. The predicted molar refractivity (Wildman–Crippen MR) is 77.2 cm³/mol. The molecule has 2 heterocycles. The standard InChI is InChI=1S/C14H23N5/c1-3-6-16-14-17-13(2)11-19(14)9-5-4-8-18-10-7-15-12-18/h7,10-12H,3-6,8-9H2,1-2H3,(H,16,17). The Labute approximate surface area is 114 Å². The maximum absolute atomic E-state index is 4.51. The first kappa shape index (κ1) is 13.6. The van der Waals surface area contributed by atoms with Crippen LogP contribution in [0.2, 0.25) is 0 Å². The predicted octanol–water partition coefficient (Wildman–Crippen LogP) is 2.69. The second-order valence-electron chi connectivity index (χ2n) is 4.83. The van der Waals surface area contributed by atoms with Gasteiger partial charge in [0, 0.05) is 38.2 Å². The minimum atomic E-state index is 0.978. The number of hydrogen-bond acceptors (Lipinski definition) is 3. The average Bonchev–Trinajstić information content (AvgIpc) is 3.02. The van der Waals surface area contributed by atoms with Gasteiger partial charge in [-0.05, 0) is 26.2 Å². The fourth-order valence-electron chi connectivity index (χ4n) is 2.09. The number of anilines is 1. The minimum absolute atomic E-state index is 0.978. The third-order valence-electron chi connectivity index (χ3n) is 3.05. The van der Waals surface area contributed by atoms with Gasteiger partial charge >= 0.3 is 0 Å². The van der Waals surface area contributed by atoms with Gasteiger partial charge in [0.15, 0.2) is 0 Å². The lowest BCUT2D eigenvalue weighted by Gasteiger charge is -2.09. The van der Waals surface area contributed by atoms with Gasteiger partial charge < -0.3 is 14.5 Å². The number of aryl methyl sites for hydroxylation is 3. The molecule has 0 atom stereocenters. The van der Waals surface area contributed by atoms with E-state index in [0.29, 0.717) is 0 Å². The van der Waals surface area contributed by atoms with Crippen LogP contribution in [-0.4, -0.2) is 25.6 Å². The van der Waals surface area contributed by atoms with E-state index in [2.05, 4.69) is 37.5 Å². The van der Waals surface area contributed by atoms with Crippen molar-refractivity contribution in [1.82, 2.24) is 19.1 Å². The van der Waals surface area contributed by atoms with Crippen molar-refractivity contribution in [3.63, 3.8) is 0 Å². The van der Waals surface area contributed by atoms with E-state index >= 15 is 0 Å². The smallest absolute Gasteiger partial charge is 0.203 e. The largest absolute Gasteiger partial charge is 0.356 e. The second-order valence-corrected chi connectivity index (χ2v) is 4.83. The van der Waals surface area contributed by atoms with Crippen molar-refractivity contribution >= 4 is 5.95 Å². The summed E-state index contributed by atoms with van der Waals surface area (Å²) in [6.45, 7) is 7.23. The highest BCUT2D eigenvalue weighted by Crippen LogP contribution is 2.10. The molecule has 2 aromatic heterocycles. The zero-order chi connectivity index (χ0) is 13.5. The molecular weight excluding hydrogens is 238 g/mol. The van der Waals surface area contributed by atoms with Gasteiger partial charge in [-0.1, -0.05) is 6.92 Å². The van der Waals surface area contributed by atoms with Crippen molar-refractivity contribution in [2.24, 2.45) is 0 Å². The number of hydrogen-bond donors (Lipinski definition) is 1. The molecule has 0 aliphatic heterocycles. The molecule has 0 fully saturated rings. The van der Waals surface area contributed by atoms with E-state index in [1.165, 1.54) is 0 Å². The number of nitrogens with zero attached hydrogens (tertiary/aromatic N) is 4. The molecule has 1 N–H and O–H groups in total.